The molecule has 0 heterocycles. The summed E-state index contributed by atoms with van der Waals surface area (Å²) in [5.41, 5.74) is 4.03. The van der Waals surface area contributed by atoms with Crippen LogP contribution in [0, 0.1) is 0 Å². The molecule has 166 valence electrons. The molecule has 1 amide bonds. The van der Waals surface area contributed by atoms with Gasteiger partial charge >= 0.3 is 0 Å². The molecular formula is C23H21Cl2N3O3S. The zero-order chi connectivity index (χ0) is 23.1. The topological polar surface area (TPSA) is 78.8 Å². The van der Waals surface area contributed by atoms with Crippen LogP contribution in [-0.2, 0) is 21.2 Å². The van der Waals surface area contributed by atoms with Crippen molar-refractivity contribution in [1.82, 2.24) is 5.43 Å². The van der Waals surface area contributed by atoms with Gasteiger partial charge in [-0.3, -0.25) is 9.10 Å². The van der Waals surface area contributed by atoms with E-state index in [0.717, 1.165) is 9.87 Å². The maximum atomic E-state index is 13.4. The lowest BCUT2D eigenvalue weighted by atomic mass is 10.1. The predicted octanol–water partition coefficient (Wildman–Crippen LogP) is 4.90. The Morgan fingerprint density at radius 3 is 2.25 bits per heavy atom. The molecule has 1 N–H and O–H groups in total. The van der Waals surface area contributed by atoms with E-state index in [1.807, 2.05) is 19.1 Å². The Kier molecular flexibility index (Phi) is 7.90. The fourth-order valence-electron chi connectivity index (χ4n) is 3.04. The van der Waals surface area contributed by atoms with Crippen LogP contribution in [0.25, 0.3) is 0 Å². The molecule has 3 aromatic carbocycles. The van der Waals surface area contributed by atoms with Crippen LogP contribution in [0.3, 0.4) is 0 Å². The Hall–Kier alpha value is -2.87. The zero-order valence-corrected chi connectivity index (χ0v) is 19.5. The second kappa shape index (κ2) is 10.6. The lowest BCUT2D eigenvalue weighted by Gasteiger charge is -2.25. The normalized spacial score (nSPS) is 11.5. The fourth-order valence-corrected chi connectivity index (χ4v) is 5.02. The minimum Gasteiger partial charge on any atom is -0.271 e. The number of halogens is 2. The molecule has 0 radical (unpaired) electrons. The highest BCUT2D eigenvalue weighted by atomic mass is 35.5. The van der Waals surface area contributed by atoms with E-state index >= 15 is 0 Å². The quantitative estimate of drug-likeness (QED) is 0.360. The molecule has 0 saturated heterocycles. The second-order valence-corrected chi connectivity index (χ2v) is 9.41. The molecule has 0 aliphatic carbocycles. The van der Waals surface area contributed by atoms with Crippen molar-refractivity contribution in [3.63, 3.8) is 0 Å². The molecule has 0 atom stereocenters. The number of amides is 1. The number of hydrogen-bond donors (Lipinski definition) is 1. The van der Waals surface area contributed by atoms with Crippen LogP contribution >= 0.6 is 23.2 Å². The Labute approximate surface area is 197 Å². The van der Waals surface area contributed by atoms with Gasteiger partial charge in [0.1, 0.15) is 6.54 Å². The summed E-state index contributed by atoms with van der Waals surface area (Å²) in [6, 6.07) is 20.0. The van der Waals surface area contributed by atoms with Gasteiger partial charge < -0.3 is 0 Å². The van der Waals surface area contributed by atoms with E-state index in [4.69, 9.17) is 23.2 Å². The summed E-state index contributed by atoms with van der Waals surface area (Å²) in [6.07, 6.45) is 1.92. The van der Waals surface area contributed by atoms with Crippen molar-refractivity contribution in [3.05, 3.63) is 94.0 Å². The molecule has 0 unspecified atom stereocenters. The van der Waals surface area contributed by atoms with E-state index in [0.29, 0.717) is 27.7 Å². The Balaban J connectivity index is 1.89. The van der Waals surface area contributed by atoms with Gasteiger partial charge in [-0.25, -0.2) is 13.8 Å². The van der Waals surface area contributed by atoms with Crippen LogP contribution in [0.15, 0.2) is 82.8 Å². The van der Waals surface area contributed by atoms with Gasteiger partial charge in [0.05, 0.1) is 26.8 Å². The van der Waals surface area contributed by atoms with Gasteiger partial charge in [0.15, 0.2) is 0 Å². The van der Waals surface area contributed by atoms with Gasteiger partial charge in [0.2, 0.25) is 0 Å². The lowest BCUT2D eigenvalue weighted by molar-refractivity contribution is -0.119. The van der Waals surface area contributed by atoms with Gasteiger partial charge in [-0.1, -0.05) is 72.6 Å². The third-order valence-corrected chi connectivity index (χ3v) is 7.08. The first-order chi connectivity index (χ1) is 15.3. The molecule has 6 nitrogen and oxygen atoms in total. The number of para-hydroxylation sites is 1. The third kappa shape index (κ3) is 5.48. The molecule has 32 heavy (non-hydrogen) atoms. The highest BCUT2D eigenvalue weighted by molar-refractivity contribution is 7.92. The number of hydrazone groups is 1. The third-order valence-electron chi connectivity index (χ3n) is 4.64. The van der Waals surface area contributed by atoms with E-state index in [1.54, 1.807) is 48.5 Å². The number of nitrogens with one attached hydrogen (secondary N) is 1. The first kappa shape index (κ1) is 23.8. The maximum absolute atomic E-state index is 13.4. The highest BCUT2D eigenvalue weighted by Crippen LogP contribution is 2.27. The zero-order valence-electron chi connectivity index (χ0n) is 17.2. The summed E-state index contributed by atoms with van der Waals surface area (Å²) >= 11 is 12.2. The summed E-state index contributed by atoms with van der Waals surface area (Å²) in [7, 11) is -3.99. The van der Waals surface area contributed by atoms with Crippen LogP contribution in [-0.4, -0.2) is 27.1 Å². The van der Waals surface area contributed by atoms with Gasteiger partial charge in [0, 0.05) is 5.56 Å². The summed E-state index contributed by atoms with van der Waals surface area (Å²) in [4.78, 5) is 12.8. The standard InChI is InChI=1S/C23H21Cl2N3O3S/c1-2-17-9-6-7-14-22(17)28(32(30,31)18-10-4-3-5-11-18)16-23(29)27-26-15-19-20(24)12-8-13-21(19)25/h3-15H,2,16H2,1H3,(H,27,29)/b26-15-. The number of carbonyl (C=O) groups excluding carboxylic acids is 1. The first-order valence-corrected chi connectivity index (χ1v) is 12.0. The van der Waals surface area contributed by atoms with Crippen molar-refractivity contribution >= 4 is 51.0 Å². The van der Waals surface area contributed by atoms with E-state index in [-0.39, 0.29) is 4.90 Å². The van der Waals surface area contributed by atoms with E-state index in [2.05, 4.69) is 10.5 Å². The van der Waals surface area contributed by atoms with Crippen molar-refractivity contribution in [2.75, 3.05) is 10.8 Å². The molecule has 0 bridgehead atoms. The van der Waals surface area contributed by atoms with Gasteiger partial charge in [-0.05, 0) is 42.3 Å². The summed E-state index contributed by atoms with van der Waals surface area (Å²) in [5.74, 6) is -0.616. The van der Waals surface area contributed by atoms with Crippen molar-refractivity contribution in [2.24, 2.45) is 5.10 Å². The second-order valence-electron chi connectivity index (χ2n) is 6.74. The molecule has 0 aliphatic heterocycles. The molecular weight excluding hydrogens is 469 g/mol. The molecule has 0 aromatic heterocycles. The van der Waals surface area contributed by atoms with Crippen LogP contribution in [0.2, 0.25) is 10.0 Å². The van der Waals surface area contributed by atoms with E-state index in [1.165, 1.54) is 18.3 Å². The number of nitrogens with zero attached hydrogens (tertiary/aromatic N) is 2. The van der Waals surface area contributed by atoms with Gasteiger partial charge in [0.25, 0.3) is 15.9 Å². The van der Waals surface area contributed by atoms with Crippen molar-refractivity contribution in [3.8, 4) is 0 Å². The molecule has 0 aliphatic rings. The SMILES string of the molecule is CCc1ccccc1N(CC(=O)N/N=C\c1c(Cl)cccc1Cl)S(=O)(=O)c1ccccc1. The Bertz CT molecular complexity index is 1210. The summed E-state index contributed by atoms with van der Waals surface area (Å²) < 4.78 is 27.9. The molecule has 0 spiro atoms. The Morgan fingerprint density at radius 1 is 0.969 bits per heavy atom. The molecule has 0 fully saturated rings. The molecule has 3 rings (SSSR count). The number of rotatable bonds is 8. The number of hydrogen-bond acceptors (Lipinski definition) is 4. The number of carbonyl (C=O) groups is 1. The molecule has 0 saturated carbocycles. The monoisotopic (exact) mass is 489 g/mol. The highest BCUT2D eigenvalue weighted by Gasteiger charge is 2.28. The summed E-state index contributed by atoms with van der Waals surface area (Å²) in [5, 5.41) is 4.64. The largest absolute Gasteiger partial charge is 0.271 e. The number of aryl methyl sites for hydroxylation is 1. The van der Waals surface area contributed by atoms with E-state index in [9.17, 15) is 13.2 Å². The maximum Gasteiger partial charge on any atom is 0.264 e. The fraction of sp³-hybridized carbons (Fsp3) is 0.130. The molecule has 9 heteroatoms. The van der Waals surface area contributed by atoms with Crippen LogP contribution in [0.5, 0.6) is 0 Å². The lowest BCUT2D eigenvalue weighted by Crippen LogP contribution is -2.40. The van der Waals surface area contributed by atoms with Crippen LogP contribution < -0.4 is 9.73 Å². The predicted molar refractivity (Wildman–Crippen MR) is 129 cm³/mol. The molecule has 3 aromatic rings. The number of benzene rings is 3. The van der Waals surface area contributed by atoms with Crippen LogP contribution in [0.4, 0.5) is 5.69 Å². The van der Waals surface area contributed by atoms with Gasteiger partial charge in [-0.15, -0.1) is 0 Å². The smallest absolute Gasteiger partial charge is 0.264 e. The van der Waals surface area contributed by atoms with Crippen molar-refractivity contribution < 1.29 is 13.2 Å². The Morgan fingerprint density at radius 2 is 1.59 bits per heavy atom. The van der Waals surface area contributed by atoms with E-state index < -0.39 is 22.5 Å². The number of sulfonamides is 1. The minimum absolute atomic E-state index is 0.0880. The van der Waals surface area contributed by atoms with Gasteiger partial charge in [-0.2, -0.15) is 5.10 Å². The summed E-state index contributed by atoms with van der Waals surface area (Å²) in [6.45, 7) is 1.46. The van der Waals surface area contributed by atoms with Crippen molar-refractivity contribution in [1.29, 1.82) is 0 Å². The van der Waals surface area contributed by atoms with Crippen molar-refractivity contribution in [2.45, 2.75) is 18.2 Å². The average molecular weight is 490 g/mol. The average Bonchev–Trinajstić information content (AvgIpc) is 2.80. The minimum atomic E-state index is -3.99. The number of anilines is 1. The first-order valence-electron chi connectivity index (χ1n) is 9.76. The van der Waals surface area contributed by atoms with Crippen LogP contribution in [0.1, 0.15) is 18.1 Å².